The highest BCUT2D eigenvalue weighted by atomic mass is 15.1. The van der Waals surface area contributed by atoms with Crippen molar-refractivity contribution in [2.75, 3.05) is 13.1 Å². The van der Waals surface area contributed by atoms with Crippen LogP contribution in [0.4, 0.5) is 0 Å². The molecule has 0 aliphatic carbocycles. The zero-order valence-corrected chi connectivity index (χ0v) is 12.0. The molecular formula is C16H27N. The topological polar surface area (TPSA) is 3.24 Å². The van der Waals surface area contributed by atoms with E-state index in [0.717, 1.165) is 19.5 Å². The van der Waals surface area contributed by atoms with Gasteiger partial charge in [0.15, 0.2) is 0 Å². The van der Waals surface area contributed by atoms with Gasteiger partial charge in [-0.25, -0.2) is 0 Å². The Hall–Kier alpha value is -1.24. The fraction of sp³-hybridized carbons (Fsp3) is 0.500. The Morgan fingerprint density at radius 3 is 1.94 bits per heavy atom. The number of allylic oxidation sites excluding steroid dienone is 7. The number of hydrogen-bond donors (Lipinski definition) is 0. The fourth-order valence-electron chi connectivity index (χ4n) is 1.78. The van der Waals surface area contributed by atoms with Crippen molar-refractivity contribution in [1.82, 2.24) is 4.90 Å². The van der Waals surface area contributed by atoms with Gasteiger partial charge in [-0.2, -0.15) is 0 Å². The Labute approximate surface area is 107 Å². The zero-order valence-electron chi connectivity index (χ0n) is 12.0. The molecule has 0 rings (SSSR count). The van der Waals surface area contributed by atoms with Crippen molar-refractivity contribution < 1.29 is 0 Å². The molecule has 0 bridgehead atoms. The number of hydrogen-bond acceptors (Lipinski definition) is 1. The molecule has 0 spiro atoms. The van der Waals surface area contributed by atoms with Crippen LogP contribution in [0.2, 0.25) is 0 Å². The molecule has 0 aliphatic rings. The average molecular weight is 233 g/mol. The van der Waals surface area contributed by atoms with Crippen LogP contribution in [0.3, 0.4) is 0 Å². The summed E-state index contributed by atoms with van der Waals surface area (Å²) in [5.74, 6) is 0. The third-order valence-electron chi connectivity index (χ3n) is 2.76. The van der Waals surface area contributed by atoms with Crippen molar-refractivity contribution in [3.05, 3.63) is 47.7 Å². The van der Waals surface area contributed by atoms with E-state index in [1.165, 1.54) is 11.3 Å². The zero-order chi connectivity index (χ0) is 13.1. The normalized spacial score (nSPS) is 13.9. The molecule has 1 heteroatoms. The lowest BCUT2D eigenvalue weighted by molar-refractivity contribution is 0.393. The monoisotopic (exact) mass is 233 g/mol. The van der Waals surface area contributed by atoms with Crippen molar-refractivity contribution in [2.45, 2.75) is 41.0 Å². The number of likely N-dealkylation sites (N-methyl/N-ethyl adjacent to an activating group) is 1. The lowest BCUT2D eigenvalue weighted by Crippen LogP contribution is -2.21. The minimum Gasteiger partial charge on any atom is -0.372 e. The van der Waals surface area contributed by atoms with Crippen LogP contribution >= 0.6 is 0 Å². The van der Waals surface area contributed by atoms with Gasteiger partial charge in [0.1, 0.15) is 0 Å². The van der Waals surface area contributed by atoms with Gasteiger partial charge in [-0.05, 0) is 52.7 Å². The second-order valence-electron chi connectivity index (χ2n) is 3.87. The van der Waals surface area contributed by atoms with Gasteiger partial charge in [-0.3, -0.25) is 0 Å². The van der Waals surface area contributed by atoms with E-state index < -0.39 is 0 Å². The van der Waals surface area contributed by atoms with E-state index in [-0.39, 0.29) is 0 Å². The van der Waals surface area contributed by atoms with Crippen molar-refractivity contribution in [3.63, 3.8) is 0 Å². The summed E-state index contributed by atoms with van der Waals surface area (Å²) in [4.78, 5) is 2.38. The molecule has 1 nitrogen and oxygen atoms in total. The number of nitrogens with zero attached hydrogens (tertiary/aromatic N) is 1. The first-order chi connectivity index (χ1) is 8.23. The van der Waals surface area contributed by atoms with Crippen molar-refractivity contribution in [2.24, 2.45) is 0 Å². The maximum Gasteiger partial charge on any atom is 0.0325 e. The first kappa shape index (κ1) is 15.8. The minimum absolute atomic E-state index is 0.997. The summed E-state index contributed by atoms with van der Waals surface area (Å²) in [5.41, 5.74) is 2.68. The molecule has 0 aromatic carbocycles. The molecule has 0 radical (unpaired) electrons. The third-order valence-corrected chi connectivity index (χ3v) is 2.76. The molecule has 0 saturated carbocycles. The molecule has 0 atom stereocenters. The molecule has 17 heavy (non-hydrogen) atoms. The first-order valence-electron chi connectivity index (χ1n) is 6.59. The minimum atomic E-state index is 0.997. The second-order valence-corrected chi connectivity index (χ2v) is 3.87. The average Bonchev–Trinajstić information content (AvgIpc) is 2.35. The molecule has 0 heterocycles. The summed E-state index contributed by atoms with van der Waals surface area (Å²) in [5, 5.41) is 0. The van der Waals surface area contributed by atoms with Gasteiger partial charge in [0.25, 0.3) is 0 Å². The van der Waals surface area contributed by atoms with E-state index in [4.69, 9.17) is 0 Å². The van der Waals surface area contributed by atoms with Crippen LogP contribution in [0, 0.1) is 0 Å². The molecule has 0 N–H and O–H groups in total. The summed E-state index contributed by atoms with van der Waals surface area (Å²) in [6.45, 7) is 12.7. The SMILES string of the molecule is C/C=C\C(=C/C)C/C=C(\C=C/C)N(CC)CC. The lowest BCUT2D eigenvalue weighted by atomic mass is 10.1. The van der Waals surface area contributed by atoms with E-state index in [1.807, 2.05) is 0 Å². The second kappa shape index (κ2) is 9.95. The molecule has 0 aromatic rings. The quantitative estimate of drug-likeness (QED) is 0.576. The van der Waals surface area contributed by atoms with E-state index >= 15 is 0 Å². The Morgan fingerprint density at radius 2 is 1.53 bits per heavy atom. The van der Waals surface area contributed by atoms with Gasteiger partial charge in [0.2, 0.25) is 0 Å². The van der Waals surface area contributed by atoms with Gasteiger partial charge in [-0.15, -0.1) is 0 Å². The van der Waals surface area contributed by atoms with Gasteiger partial charge >= 0.3 is 0 Å². The molecule has 0 amide bonds. The standard InChI is InChI=1S/C16H27N/c1-6-11-15(8-3)13-14-16(12-7-2)17(9-4)10-5/h6-8,11-12,14H,9-10,13H2,1-5H3/b11-6-,12-7-,15-8+,16-14+. The molecular weight excluding hydrogens is 206 g/mol. The van der Waals surface area contributed by atoms with Gasteiger partial charge < -0.3 is 4.90 Å². The molecule has 0 saturated heterocycles. The van der Waals surface area contributed by atoms with E-state index in [9.17, 15) is 0 Å². The Balaban J connectivity index is 4.81. The van der Waals surface area contributed by atoms with Crippen LogP contribution in [-0.4, -0.2) is 18.0 Å². The Bertz CT molecular complexity index is 301. The highest BCUT2D eigenvalue weighted by Gasteiger charge is 2.01. The van der Waals surface area contributed by atoms with Crippen molar-refractivity contribution in [1.29, 1.82) is 0 Å². The van der Waals surface area contributed by atoms with E-state index in [0.29, 0.717) is 0 Å². The molecule has 0 aromatic heterocycles. The largest absolute Gasteiger partial charge is 0.372 e. The van der Waals surface area contributed by atoms with E-state index in [1.54, 1.807) is 0 Å². The van der Waals surface area contributed by atoms with Crippen LogP contribution < -0.4 is 0 Å². The lowest BCUT2D eigenvalue weighted by Gasteiger charge is -2.22. The van der Waals surface area contributed by atoms with Crippen LogP contribution in [0.25, 0.3) is 0 Å². The predicted molar refractivity (Wildman–Crippen MR) is 79.0 cm³/mol. The summed E-state index contributed by atoms with van der Waals surface area (Å²) in [6, 6.07) is 0. The fourth-order valence-corrected chi connectivity index (χ4v) is 1.78. The Morgan fingerprint density at radius 1 is 0.941 bits per heavy atom. The predicted octanol–water partition coefficient (Wildman–Crippen LogP) is 4.70. The van der Waals surface area contributed by atoms with E-state index in [2.05, 4.69) is 76.0 Å². The van der Waals surface area contributed by atoms with Gasteiger partial charge in [0, 0.05) is 18.8 Å². The maximum atomic E-state index is 2.38. The molecule has 0 unspecified atom stereocenters. The molecule has 0 fully saturated rings. The summed E-state index contributed by atoms with van der Waals surface area (Å²) in [6.07, 6.45) is 14.0. The summed E-state index contributed by atoms with van der Waals surface area (Å²) >= 11 is 0. The smallest absolute Gasteiger partial charge is 0.0325 e. The highest BCUT2D eigenvalue weighted by Crippen LogP contribution is 2.11. The van der Waals surface area contributed by atoms with Crippen LogP contribution in [0.1, 0.15) is 41.0 Å². The summed E-state index contributed by atoms with van der Waals surface area (Å²) in [7, 11) is 0. The van der Waals surface area contributed by atoms with Crippen LogP contribution in [-0.2, 0) is 0 Å². The van der Waals surface area contributed by atoms with Gasteiger partial charge in [0.05, 0.1) is 0 Å². The number of rotatable bonds is 7. The summed E-state index contributed by atoms with van der Waals surface area (Å²) < 4.78 is 0. The Kier molecular flexibility index (Phi) is 9.22. The van der Waals surface area contributed by atoms with Crippen LogP contribution in [0.5, 0.6) is 0 Å². The van der Waals surface area contributed by atoms with Gasteiger partial charge in [-0.1, -0.05) is 30.4 Å². The third kappa shape index (κ3) is 6.15. The van der Waals surface area contributed by atoms with Crippen LogP contribution in [0.15, 0.2) is 47.7 Å². The first-order valence-corrected chi connectivity index (χ1v) is 6.59. The molecule has 96 valence electrons. The highest BCUT2D eigenvalue weighted by molar-refractivity contribution is 5.25. The van der Waals surface area contributed by atoms with Crippen molar-refractivity contribution in [3.8, 4) is 0 Å². The molecule has 0 aliphatic heterocycles. The van der Waals surface area contributed by atoms with Crippen molar-refractivity contribution >= 4 is 0 Å². The maximum absolute atomic E-state index is 2.38.